The molecular weight excluding hydrogens is 429 g/mol. The van der Waals surface area contributed by atoms with Gasteiger partial charge in [0.25, 0.3) is 0 Å². The van der Waals surface area contributed by atoms with E-state index in [0.717, 1.165) is 27.8 Å². The van der Waals surface area contributed by atoms with Crippen LogP contribution in [0.5, 0.6) is 0 Å². The molecule has 0 saturated carbocycles. The van der Waals surface area contributed by atoms with Gasteiger partial charge in [-0.05, 0) is 65.8 Å². The predicted molar refractivity (Wildman–Crippen MR) is 108 cm³/mol. The van der Waals surface area contributed by atoms with Crippen molar-refractivity contribution in [3.05, 3.63) is 58.2 Å². The first-order valence-electron chi connectivity index (χ1n) is 8.29. The third kappa shape index (κ3) is 4.94. The van der Waals surface area contributed by atoms with E-state index in [1.165, 1.54) is 0 Å². The van der Waals surface area contributed by atoms with Crippen LogP contribution in [0, 0.1) is 9.49 Å². The second kappa shape index (κ2) is 8.33. The van der Waals surface area contributed by atoms with Crippen LogP contribution in [-0.4, -0.2) is 29.9 Å². The molecule has 3 amide bonds. The van der Waals surface area contributed by atoms with Crippen LogP contribution in [0.2, 0.25) is 0 Å². The van der Waals surface area contributed by atoms with E-state index in [9.17, 15) is 9.59 Å². The minimum absolute atomic E-state index is 0.0285. The molecule has 0 aliphatic carbocycles. The molecule has 1 aliphatic heterocycles. The number of anilines is 2. The van der Waals surface area contributed by atoms with E-state index in [0.29, 0.717) is 13.1 Å². The van der Waals surface area contributed by atoms with Gasteiger partial charge in [0.15, 0.2) is 0 Å². The molecule has 1 aliphatic rings. The molecule has 1 fully saturated rings. The number of nitrogens with zero attached hydrogens (tertiary/aromatic N) is 1. The molecule has 2 aromatic carbocycles. The number of carbonyl (C=O) groups excluding carboxylic acids is 2. The van der Waals surface area contributed by atoms with Gasteiger partial charge in [0.05, 0.1) is 5.92 Å². The van der Waals surface area contributed by atoms with Crippen LogP contribution >= 0.6 is 22.6 Å². The van der Waals surface area contributed by atoms with Crippen molar-refractivity contribution < 1.29 is 9.59 Å². The summed E-state index contributed by atoms with van der Waals surface area (Å²) in [6.07, 6.45) is 1.62. The van der Waals surface area contributed by atoms with Crippen LogP contribution in [0.4, 0.5) is 16.2 Å². The third-order valence-corrected chi connectivity index (χ3v) is 4.87. The van der Waals surface area contributed by atoms with E-state index in [4.69, 9.17) is 0 Å². The van der Waals surface area contributed by atoms with Crippen LogP contribution in [-0.2, 0) is 4.79 Å². The SMILES string of the molecule is O=C(Nc1cccc(I)c1)[C@H]1CCCN(C(=O)Nc2ccccc2)C1. The summed E-state index contributed by atoms with van der Waals surface area (Å²) < 4.78 is 1.07. The number of hydrogen-bond acceptors (Lipinski definition) is 2. The second-order valence-electron chi connectivity index (χ2n) is 6.08. The van der Waals surface area contributed by atoms with Crippen molar-refractivity contribution in [1.82, 2.24) is 4.90 Å². The van der Waals surface area contributed by atoms with Crippen molar-refractivity contribution in [3.8, 4) is 0 Å². The Hall–Kier alpha value is -2.09. The average molecular weight is 449 g/mol. The molecule has 0 unspecified atom stereocenters. The summed E-state index contributed by atoms with van der Waals surface area (Å²) >= 11 is 2.22. The number of likely N-dealkylation sites (tertiary alicyclic amines) is 1. The normalized spacial score (nSPS) is 17.0. The fourth-order valence-electron chi connectivity index (χ4n) is 2.91. The minimum Gasteiger partial charge on any atom is -0.326 e. The van der Waals surface area contributed by atoms with E-state index in [-0.39, 0.29) is 17.9 Å². The largest absolute Gasteiger partial charge is 0.326 e. The van der Waals surface area contributed by atoms with Crippen LogP contribution in [0.15, 0.2) is 54.6 Å². The summed E-state index contributed by atoms with van der Waals surface area (Å²) in [5.41, 5.74) is 1.56. The Morgan fingerprint density at radius 2 is 1.76 bits per heavy atom. The molecule has 130 valence electrons. The first-order chi connectivity index (χ1) is 12.1. The number of carbonyl (C=O) groups is 2. The first kappa shape index (κ1) is 17.7. The number of nitrogens with one attached hydrogen (secondary N) is 2. The molecule has 0 spiro atoms. The number of urea groups is 1. The smallest absolute Gasteiger partial charge is 0.321 e. The lowest BCUT2D eigenvalue weighted by molar-refractivity contribution is -0.121. The van der Waals surface area contributed by atoms with Gasteiger partial charge in [0, 0.05) is 28.0 Å². The van der Waals surface area contributed by atoms with Crippen molar-refractivity contribution in [2.24, 2.45) is 5.92 Å². The number of rotatable bonds is 3. The Balaban J connectivity index is 1.58. The maximum absolute atomic E-state index is 12.5. The van der Waals surface area contributed by atoms with Crippen molar-refractivity contribution >= 4 is 45.9 Å². The molecule has 0 radical (unpaired) electrons. The number of halogens is 1. The minimum atomic E-state index is -0.187. The molecule has 1 saturated heterocycles. The van der Waals surface area contributed by atoms with E-state index >= 15 is 0 Å². The maximum Gasteiger partial charge on any atom is 0.321 e. The van der Waals surface area contributed by atoms with Crippen molar-refractivity contribution in [2.45, 2.75) is 12.8 Å². The molecule has 6 heteroatoms. The molecule has 0 aromatic heterocycles. The van der Waals surface area contributed by atoms with Gasteiger partial charge in [-0.25, -0.2) is 4.79 Å². The zero-order valence-electron chi connectivity index (χ0n) is 13.7. The molecule has 2 N–H and O–H groups in total. The van der Waals surface area contributed by atoms with E-state index in [1.54, 1.807) is 4.90 Å². The van der Waals surface area contributed by atoms with Gasteiger partial charge in [0.2, 0.25) is 5.91 Å². The van der Waals surface area contributed by atoms with Gasteiger partial charge in [-0.1, -0.05) is 24.3 Å². The van der Waals surface area contributed by atoms with Crippen LogP contribution < -0.4 is 10.6 Å². The lowest BCUT2D eigenvalue weighted by Gasteiger charge is -2.32. The number of hydrogen-bond donors (Lipinski definition) is 2. The average Bonchev–Trinajstić information content (AvgIpc) is 2.62. The molecule has 2 aromatic rings. The Kier molecular flexibility index (Phi) is 5.91. The predicted octanol–water partition coefficient (Wildman–Crippen LogP) is 4.17. The number of piperidine rings is 1. The zero-order valence-corrected chi connectivity index (χ0v) is 15.9. The summed E-state index contributed by atoms with van der Waals surface area (Å²) in [4.78, 5) is 26.7. The highest BCUT2D eigenvalue weighted by atomic mass is 127. The van der Waals surface area contributed by atoms with Gasteiger partial charge in [0.1, 0.15) is 0 Å². The Labute approximate surface area is 160 Å². The molecule has 1 atom stereocenters. The summed E-state index contributed by atoms with van der Waals surface area (Å²) in [5.74, 6) is -0.215. The summed E-state index contributed by atoms with van der Waals surface area (Å²) in [7, 11) is 0. The Bertz CT molecular complexity index is 751. The quantitative estimate of drug-likeness (QED) is 0.692. The van der Waals surface area contributed by atoms with Crippen LogP contribution in [0.1, 0.15) is 12.8 Å². The first-order valence-corrected chi connectivity index (χ1v) is 9.37. The second-order valence-corrected chi connectivity index (χ2v) is 7.33. The maximum atomic E-state index is 12.5. The fourth-order valence-corrected chi connectivity index (χ4v) is 3.45. The van der Waals surface area contributed by atoms with E-state index in [1.807, 2.05) is 54.6 Å². The molecule has 0 bridgehead atoms. The molecule has 5 nitrogen and oxygen atoms in total. The highest BCUT2D eigenvalue weighted by Gasteiger charge is 2.28. The molecule has 25 heavy (non-hydrogen) atoms. The van der Waals surface area contributed by atoms with E-state index < -0.39 is 0 Å². The Morgan fingerprint density at radius 1 is 1.00 bits per heavy atom. The van der Waals surface area contributed by atoms with Crippen molar-refractivity contribution in [1.29, 1.82) is 0 Å². The highest BCUT2D eigenvalue weighted by molar-refractivity contribution is 14.1. The number of amides is 3. The third-order valence-electron chi connectivity index (χ3n) is 4.20. The number of benzene rings is 2. The molecule has 1 heterocycles. The van der Waals surface area contributed by atoms with Gasteiger partial charge in [-0.3, -0.25) is 4.79 Å². The Morgan fingerprint density at radius 3 is 2.52 bits per heavy atom. The zero-order chi connectivity index (χ0) is 17.6. The van der Waals surface area contributed by atoms with Crippen LogP contribution in [0.25, 0.3) is 0 Å². The van der Waals surface area contributed by atoms with Gasteiger partial charge < -0.3 is 15.5 Å². The molecule has 3 rings (SSSR count). The van der Waals surface area contributed by atoms with Gasteiger partial charge >= 0.3 is 6.03 Å². The van der Waals surface area contributed by atoms with E-state index in [2.05, 4.69) is 33.2 Å². The number of para-hydroxylation sites is 1. The lowest BCUT2D eigenvalue weighted by Crippen LogP contribution is -2.45. The monoisotopic (exact) mass is 449 g/mol. The van der Waals surface area contributed by atoms with Crippen LogP contribution in [0.3, 0.4) is 0 Å². The summed E-state index contributed by atoms with van der Waals surface area (Å²) in [6.45, 7) is 1.11. The fraction of sp³-hybridized carbons (Fsp3) is 0.263. The molecular formula is C19H20IN3O2. The van der Waals surface area contributed by atoms with Crippen molar-refractivity contribution in [3.63, 3.8) is 0 Å². The lowest BCUT2D eigenvalue weighted by atomic mass is 9.97. The standard InChI is InChI=1S/C19H20IN3O2/c20-15-7-4-10-17(12-15)21-18(24)14-6-5-11-23(13-14)19(25)22-16-8-2-1-3-9-16/h1-4,7-10,12,14H,5-6,11,13H2,(H,21,24)(H,22,25)/t14-/m0/s1. The van der Waals surface area contributed by atoms with Gasteiger partial charge in [-0.2, -0.15) is 0 Å². The topological polar surface area (TPSA) is 61.4 Å². The summed E-state index contributed by atoms with van der Waals surface area (Å²) in [5, 5.41) is 5.84. The van der Waals surface area contributed by atoms with Gasteiger partial charge in [-0.15, -0.1) is 0 Å². The summed E-state index contributed by atoms with van der Waals surface area (Å²) in [6, 6.07) is 16.9. The highest BCUT2D eigenvalue weighted by Crippen LogP contribution is 2.20. The van der Waals surface area contributed by atoms with Crippen molar-refractivity contribution in [2.75, 3.05) is 23.7 Å².